The van der Waals surface area contributed by atoms with E-state index in [2.05, 4.69) is 0 Å². The number of rotatable bonds is 4. The molecular formula is C12H24O2. The smallest absolute Gasteiger partial charge is 0.0939 e. The predicted octanol–water partition coefficient (Wildman–Crippen LogP) is 2.89. The lowest BCUT2D eigenvalue weighted by Gasteiger charge is -2.36. The summed E-state index contributed by atoms with van der Waals surface area (Å²) in [5.74, 6) is 0. The first-order chi connectivity index (χ1) is 6.75. The van der Waals surface area contributed by atoms with Crippen LogP contribution in [0.1, 0.15) is 58.8 Å². The Morgan fingerprint density at radius 1 is 1.14 bits per heavy atom. The van der Waals surface area contributed by atoms with Gasteiger partial charge in [0.25, 0.3) is 0 Å². The Kier molecular flexibility index (Phi) is 4.90. The van der Waals surface area contributed by atoms with Gasteiger partial charge in [-0.3, -0.25) is 0 Å². The van der Waals surface area contributed by atoms with E-state index < -0.39 is 0 Å². The van der Waals surface area contributed by atoms with Crippen molar-refractivity contribution in [3.63, 3.8) is 0 Å². The van der Waals surface area contributed by atoms with E-state index in [1.165, 1.54) is 25.7 Å². The van der Waals surface area contributed by atoms with Crippen molar-refractivity contribution in [3.8, 4) is 0 Å². The minimum absolute atomic E-state index is 0.222. The molecule has 84 valence electrons. The second kappa shape index (κ2) is 5.72. The normalized spacial score (nSPS) is 24.2. The summed E-state index contributed by atoms with van der Waals surface area (Å²) in [6.07, 6.45) is 7.61. The molecule has 0 bridgehead atoms. The molecule has 1 rings (SSSR count). The maximum absolute atomic E-state index is 10.1. The molecule has 0 heterocycles. The topological polar surface area (TPSA) is 29.5 Å². The van der Waals surface area contributed by atoms with Gasteiger partial charge in [0.15, 0.2) is 0 Å². The number of aliphatic hydroxyl groups is 1. The van der Waals surface area contributed by atoms with Gasteiger partial charge in [-0.2, -0.15) is 0 Å². The highest BCUT2D eigenvalue weighted by Crippen LogP contribution is 2.34. The molecule has 0 aromatic heterocycles. The Morgan fingerprint density at radius 3 is 2.14 bits per heavy atom. The van der Waals surface area contributed by atoms with Crippen molar-refractivity contribution in [2.45, 2.75) is 70.5 Å². The van der Waals surface area contributed by atoms with Crippen LogP contribution in [0, 0.1) is 0 Å². The lowest BCUT2D eigenvalue weighted by molar-refractivity contribution is -0.129. The molecule has 2 nitrogen and oxygen atoms in total. The van der Waals surface area contributed by atoms with Crippen LogP contribution in [-0.4, -0.2) is 23.4 Å². The first-order valence-corrected chi connectivity index (χ1v) is 6.07. The van der Waals surface area contributed by atoms with Gasteiger partial charge in [0.05, 0.1) is 11.7 Å². The molecule has 0 saturated heterocycles. The molecule has 0 spiro atoms. The quantitative estimate of drug-likeness (QED) is 0.707. The SMILES string of the molecule is CCOC1(C(O)CC)CCCCCC1. The van der Waals surface area contributed by atoms with Gasteiger partial charge < -0.3 is 9.84 Å². The molecule has 0 aromatic carbocycles. The van der Waals surface area contributed by atoms with Crippen LogP contribution in [0.2, 0.25) is 0 Å². The number of hydrogen-bond acceptors (Lipinski definition) is 2. The van der Waals surface area contributed by atoms with Gasteiger partial charge in [0.2, 0.25) is 0 Å². The van der Waals surface area contributed by atoms with Crippen molar-refractivity contribution in [2.24, 2.45) is 0 Å². The molecule has 0 aliphatic heterocycles. The van der Waals surface area contributed by atoms with Crippen molar-refractivity contribution in [3.05, 3.63) is 0 Å². The summed E-state index contributed by atoms with van der Waals surface area (Å²) >= 11 is 0. The predicted molar refractivity (Wildman–Crippen MR) is 58.4 cm³/mol. The second-order valence-corrected chi connectivity index (χ2v) is 4.34. The molecule has 0 radical (unpaired) electrons. The maximum atomic E-state index is 10.1. The number of hydrogen-bond donors (Lipinski definition) is 1. The number of ether oxygens (including phenoxy) is 1. The van der Waals surface area contributed by atoms with E-state index in [0.717, 1.165) is 25.9 Å². The molecule has 14 heavy (non-hydrogen) atoms. The Labute approximate surface area is 87.7 Å². The molecule has 2 heteroatoms. The highest BCUT2D eigenvalue weighted by Gasteiger charge is 2.37. The monoisotopic (exact) mass is 200 g/mol. The summed E-state index contributed by atoms with van der Waals surface area (Å²) in [7, 11) is 0. The molecule has 1 saturated carbocycles. The van der Waals surface area contributed by atoms with Crippen molar-refractivity contribution >= 4 is 0 Å². The standard InChI is InChI=1S/C12H24O2/c1-3-11(13)12(14-4-2)9-7-5-6-8-10-12/h11,13H,3-10H2,1-2H3. The van der Waals surface area contributed by atoms with E-state index in [9.17, 15) is 5.11 Å². The van der Waals surface area contributed by atoms with E-state index in [4.69, 9.17) is 4.74 Å². The van der Waals surface area contributed by atoms with Crippen LogP contribution < -0.4 is 0 Å². The van der Waals surface area contributed by atoms with E-state index in [1.807, 2.05) is 13.8 Å². The summed E-state index contributed by atoms with van der Waals surface area (Å²) in [6.45, 7) is 4.78. The minimum atomic E-state index is -0.277. The average molecular weight is 200 g/mol. The van der Waals surface area contributed by atoms with E-state index in [1.54, 1.807) is 0 Å². The average Bonchev–Trinajstić information content (AvgIpc) is 2.44. The summed E-state index contributed by atoms with van der Waals surface area (Å²) in [5.41, 5.74) is -0.222. The van der Waals surface area contributed by atoms with Crippen LogP contribution in [0.3, 0.4) is 0 Å². The van der Waals surface area contributed by atoms with Crippen LogP contribution in [0.5, 0.6) is 0 Å². The molecule has 0 amide bonds. The molecule has 1 atom stereocenters. The van der Waals surface area contributed by atoms with Gasteiger partial charge in [-0.15, -0.1) is 0 Å². The van der Waals surface area contributed by atoms with Crippen molar-refractivity contribution in [2.75, 3.05) is 6.61 Å². The number of aliphatic hydroxyl groups excluding tert-OH is 1. The van der Waals surface area contributed by atoms with E-state index in [0.29, 0.717) is 0 Å². The zero-order valence-electron chi connectivity index (χ0n) is 9.59. The van der Waals surface area contributed by atoms with Gasteiger partial charge in [0.1, 0.15) is 0 Å². The lowest BCUT2D eigenvalue weighted by Crippen LogP contribution is -2.44. The van der Waals surface area contributed by atoms with Crippen LogP contribution in [-0.2, 0) is 4.74 Å². The third-order valence-electron chi connectivity index (χ3n) is 3.38. The molecular weight excluding hydrogens is 176 g/mol. The highest BCUT2D eigenvalue weighted by atomic mass is 16.5. The van der Waals surface area contributed by atoms with Gasteiger partial charge >= 0.3 is 0 Å². The summed E-state index contributed by atoms with van der Waals surface area (Å²) in [6, 6.07) is 0. The van der Waals surface area contributed by atoms with Gasteiger partial charge in [0, 0.05) is 6.61 Å². The molecule has 0 aromatic rings. The van der Waals surface area contributed by atoms with Crippen molar-refractivity contribution < 1.29 is 9.84 Å². The Morgan fingerprint density at radius 2 is 1.71 bits per heavy atom. The molecule has 1 unspecified atom stereocenters. The largest absolute Gasteiger partial charge is 0.390 e. The van der Waals surface area contributed by atoms with Crippen LogP contribution in [0.15, 0.2) is 0 Å². The fourth-order valence-corrected chi connectivity index (χ4v) is 2.56. The van der Waals surface area contributed by atoms with Gasteiger partial charge in [-0.25, -0.2) is 0 Å². The third kappa shape index (κ3) is 2.71. The van der Waals surface area contributed by atoms with Crippen molar-refractivity contribution in [1.29, 1.82) is 0 Å². The van der Waals surface area contributed by atoms with Crippen LogP contribution in [0.25, 0.3) is 0 Å². The lowest BCUT2D eigenvalue weighted by atomic mass is 9.86. The van der Waals surface area contributed by atoms with Crippen LogP contribution >= 0.6 is 0 Å². The first-order valence-electron chi connectivity index (χ1n) is 6.07. The molecule has 1 N–H and O–H groups in total. The van der Waals surface area contributed by atoms with E-state index >= 15 is 0 Å². The minimum Gasteiger partial charge on any atom is -0.390 e. The molecule has 1 aliphatic carbocycles. The Hall–Kier alpha value is -0.0800. The second-order valence-electron chi connectivity index (χ2n) is 4.34. The fourth-order valence-electron chi connectivity index (χ4n) is 2.56. The fraction of sp³-hybridized carbons (Fsp3) is 1.00. The van der Waals surface area contributed by atoms with E-state index in [-0.39, 0.29) is 11.7 Å². The summed E-state index contributed by atoms with van der Waals surface area (Å²) < 4.78 is 5.85. The summed E-state index contributed by atoms with van der Waals surface area (Å²) in [5, 5.41) is 10.1. The Balaban J connectivity index is 2.66. The van der Waals surface area contributed by atoms with Gasteiger partial charge in [-0.1, -0.05) is 32.6 Å². The van der Waals surface area contributed by atoms with Gasteiger partial charge in [-0.05, 0) is 26.2 Å². The zero-order valence-corrected chi connectivity index (χ0v) is 9.59. The van der Waals surface area contributed by atoms with Crippen molar-refractivity contribution in [1.82, 2.24) is 0 Å². The third-order valence-corrected chi connectivity index (χ3v) is 3.38. The summed E-state index contributed by atoms with van der Waals surface area (Å²) in [4.78, 5) is 0. The highest BCUT2D eigenvalue weighted by molar-refractivity contribution is 4.89. The molecule has 1 fully saturated rings. The zero-order chi connectivity index (χ0) is 10.4. The maximum Gasteiger partial charge on any atom is 0.0939 e. The Bertz CT molecular complexity index is 148. The first kappa shape index (κ1) is 12.0. The van der Waals surface area contributed by atoms with Crippen LogP contribution in [0.4, 0.5) is 0 Å². The molecule has 1 aliphatic rings.